The number of amides is 1. The molecule has 5 heteroatoms. The summed E-state index contributed by atoms with van der Waals surface area (Å²) in [6.45, 7) is 0.505. The average Bonchev–Trinajstić information content (AvgIpc) is 2.46. The lowest BCUT2D eigenvalue weighted by Crippen LogP contribution is -2.24. The number of hydrogen-bond acceptors (Lipinski definition) is 4. The van der Waals surface area contributed by atoms with E-state index in [0.717, 1.165) is 6.29 Å². The van der Waals surface area contributed by atoms with Crippen LogP contribution in [0, 0.1) is 0 Å². The van der Waals surface area contributed by atoms with Crippen LogP contribution in [0.1, 0.15) is 40.0 Å². The molecule has 1 aromatic rings. The van der Waals surface area contributed by atoms with Gasteiger partial charge in [-0.1, -0.05) is 12.1 Å². The highest BCUT2D eigenvalue weighted by atomic mass is 16.5. The van der Waals surface area contributed by atoms with Gasteiger partial charge in [-0.05, 0) is 25.0 Å². The molecule has 0 aliphatic heterocycles. The number of ether oxygens (including phenoxy) is 1. The Morgan fingerprint density at radius 2 is 1.89 bits per heavy atom. The van der Waals surface area contributed by atoms with Crippen LogP contribution >= 0.6 is 0 Å². The first-order valence-electron chi connectivity index (χ1n) is 6.07. The Balaban J connectivity index is 2.27. The second kappa shape index (κ2) is 8.02. The van der Waals surface area contributed by atoms with E-state index < -0.39 is 0 Å². The van der Waals surface area contributed by atoms with E-state index >= 15 is 0 Å². The summed E-state index contributed by atoms with van der Waals surface area (Å²) in [6.07, 6.45) is 2.49. The molecule has 0 aromatic heterocycles. The third-order valence-corrected chi connectivity index (χ3v) is 2.63. The molecule has 5 nitrogen and oxygen atoms in total. The first-order chi connectivity index (χ1) is 9.17. The second-order valence-electron chi connectivity index (χ2n) is 4.03. The van der Waals surface area contributed by atoms with Crippen molar-refractivity contribution in [3.63, 3.8) is 0 Å². The van der Waals surface area contributed by atoms with E-state index in [1.807, 2.05) is 0 Å². The molecule has 0 aliphatic rings. The molecule has 102 valence electrons. The number of esters is 1. The van der Waals surface area contributed by atoms with Gasteiger partial charge in [0.1, 0.15) is 6.29 Å². The Bertz CT molecular complexity index is 439. The monoisotopic (exact) mass is 263 g/mol. The summed E-state index contributed by atoms with van der Waals surface area (Å²) in [4.78, 5) is 33.0. The molecule has 0 saturated heterocycles. The van der Waals surface area contributed by atoms with Gasteiger partial charge < -0.3 is 10.1 Å². The maximum Gasteiger partial charge on any atom is 0.305 e. The molecule has 19 heavy (non-hydrogen) atoms. The van der Waals surface area contributed by atoms with E-state index in [0.29, 0.717) is 36.9 Å². The number of hydrogen-bond donors (Lipinski definition) is 1. The first-order valence-corrected chi connectivity index (χ1v) is 6.07. The van der Waals surface area contributed by atoms with Gasteiger partial charge in [0.2, 0.25) is 0 Å². The molecule has 0 spiro atoms. The van der Waals surface area contributed by atoms with Crippen LogP contribution in [0.25, 0.3) is 0 Å². The molecule has 1 rings (SSSR count). The van der Waals surface area contributed by atoms with Crippen LogP contribution in [0.2, 0.25) is 0 Å². The van der Waals surface area contributed by atoms with Crippen LogP contribution in [-0.2, 0) is 9.53 Å². The van der Waals surface area contributed by atoms with Gasteiger partial charge in [-0.2, -0.15) is 0 Å². The topological polar surface area (TPSA) is 72.5 Å². The van der Waals surface area contributed by atoms with Crippen molar-refractivity contribution in [1.29, 1.82) is 0 Å². The second-order valence-corrected chi connectivity index (χ2v) is 4.03. The summed E-state index contributed by atoms with van der Waals surface area (Å²) in [5.41, 5.74) is 1.05. The summed E-state index contributed by atoms with van der Waals surface area (Å²) < 4.78 is 4.51. The summed E-state index contributed by atoms with van der Waals surface area (Å²) in [7, 11) is 1.35. The molecule has 0 radical (unpaired) electrons. The predicted molar refractivity (Wildman–Crippen MR) is 70.0 cm³/mol. The van der Waals surface area contributed by atoms with Gasteiger partial charge >= 0.3 is 5.97 Å². The lowest BCUT2D eigenvalue weighted by atomic mass is 10.1. The zero-order chi connectivity index (χ0) is 14.1. The van der Waals surface area contributed by atoms with Gasteiger partial charge in [0.05, 0.1) is 7.11 Å². The molecule has 1 amide bonds. The molecular formula is C14H17NO4. The van der Waals surface area contributed by atoms with Crippen molar-refractivity contribution in [2.75, 3.05) is 13.7 Å². The number of aldehydes is 1. The summed E-state index contributed by atoms with van der Waals surface area (Å²) >= 11 is 0. The van der Waals surface area contributed by atoms with Gasteiger partial charge in [0.25, 0.3) is 5.91 Å². The van der Waals surface area contributed by atoms with Crippen molar-refractivity contribution < 1.29 is 19.1 Å². The molecule has 0 bridgehead atoms. The number of rotatable bonds is 7. The number of unbranched alkanes of at least 4 members (excludes halogenated alkanes) is 1. The van der Waals surface area contributed by atoms with Crippen molar-refractivity contribution in [2.45, 2.75) is 19.3 Å². The van der Waals surface area contributed by atoms with E-state index in [1.165, 1.54) is 7.11 Å². The molecule has 0 atom stereocenters. The molecule has 0 heterocycles. The number of nitrogens with one attached hydrogen (secondary N) is 1. The van der Waals surface area contributed by atoms with Crippen LogP contribution in [-0.4, -0.2) is 31.8 Å². The van der Waals surface area contributed by atoms with Gasteiger partial charge in [0, 0.05) is 24.1 Å². The molecular weight excluding hydrogens is 246 g/mol. The van der Waals surface area contributed by atoms with E-state index in [9.17, 15) is 14.4 Å². The van der Waals surface area contributed by atoms with Crippen LogP contribution in [0.5, 0.6) is 0 Å². The number of benzene rings is 1. The molecule has 1 aromatic carbocycles. The standard InChI is InChI=1S/C14H17NO4/c1-19-13(17)4-2-3-9-15-14(18)12-7-5-11(10-16)6-8-12/h5-8,10H,2-4,9H2,1H3,(H,15,18). The highest BCUT2D eigenvalue weighted by molar-refractivity contribution is 5.94. The van der Waals surface area contributed by atoms with Gasteiger partial charge in [-0.3, -0.25) is 14.4 Å². The molecule has 0 fully saturated rings. The minimum atomic E-state index is -0.240. The van der Waals surface area contributed by atoms with Crippen LogP contribution in [0.3, 0.4) is 0 Å². The number of carbonyl (C=O) groups is 3. The van der Waals surface area contributed by atoms with E-state index in [-0.39, 0.29) is 11.9 Å². The first kappa shape index (κ1) is 14.9. The Kier molecular flexibility index (Phi) is 6.29. The summed E-state index contributed by atoms with van der Waals surface area (Å²) in [5.74, 6) is -0.425. The molecule has 0 aliphatic carbocycles. The maximum atomic E-state index is 11.7. The van der Waals surface area contributed by atoms with Crippen LogP contribution in [0.15, 0.2) is 24.3 Å². The Morgan fingerprint density at radius 3 is 2.47 bits per heavy atom. The van der Waals surface area contributed by atoms with E-state index in [1.54, 1.807) is 24.3 Å². The highest BCUT2D eigenvalue weighted by Crippen LogP contribution is 2.03. The van der Waals surface area contributed by atoms with E-state index in [2.05, 4.69) is 10.1 Å². The zero-order valence-corrected chi connectivity index (χ0v) is 10.8. The zero-order valence-electron chi connectivity index (χ0n) is 10.8. The molecule has 0 unspecified atom stereocenters. The third kappa shape index (κ3) is 5.33. The van der Waals surface area contributed by atoms with Crippen LogP contribution < -0.4 is 5.32 Å². The van der Waals surface area contributed by atoms with Crippen molar-refractivity contribution in [1.82, 2.24) is 5.32 Å². The van der Waals surface area contributed by atoms with Crippen LogP contribution in [0.4, 0.5) is 0 Å². The molecule has 0 saturated carbocycles. The maximum absolute atomic E-state index is 11.7. The van der Waals surface area contributed by atoms with E-state index in [4.69, 9.17) is 0 Å². The quantitative estimate of drug-likeness (QED) is 0.460. The fourth-order valence-corrected chi connectivity index (χ4v) is 1.51. The van der Waals surface area contributed by atoms with Gasteiger partial charge in [-0.15, -0.1) is 0 Å². The normalized spacial score (nSPS) is 9.74. The lowest BCUT2D eigenvalue weighted by Gasteiger charge is -2.05. The Hall–Kier alpha value is -2.17. The number of carbonyl (C=O) groups excluding carboxylic acids is 3. The lowest BCUT2D eigenvalue weighted by molar-refractivity contribution is -0.140. The Morgan fingerprint density at radius 1 is 1.21 bits per heavy atom. The smallest absolute Gasteiger partial charge is 0.305 e. The fraction of sp³-hybridized carbons (Fsp3) is 0.357. The average molecular weight is 263 g/mol. The minimum absolute atomic E-state index is 0.185. The van der Waals surface area contributed by atoms with Crippen molar-refractivity contribution >= 4 is 18.2 Å². The molecule has 1 N–H and O–H groups in total. The highest BCUT2D eigenvalue weighted by Gasteiger charge is 2.05. The van der Waals surface area contributed by atoms with Crippen molar-refractivity contribution in [2.24, 2.45) is 0 Å². The predicted octanol–water partition coefficient (Wildman–Crippen LogP) is 1.57. The largest absolute Gasteiger partial charge is 0.469 e. The SMILES string of the molecule is COC(=O)CCCCNC(=O)c1ccc(C=O)cc1. The summed E-state index contributed by atoms with van der Waals surface area (Å²) in [6, 6.07) is 6.40. The summed E-state index contributed by atoms with van der Waals surface area (Å²) in [5, 5.41) is 2.75. The van der Waals surface area contributed by atoms with Gasteiger partial charge in [-0.25, -0.2) is 0 Å². The fourth-order valence-electron chi connectivity index (χ4n) is 1.51. The van der Waals surface area contributed by atoms with Crippen molar-refractivity contribution in [3.8, 4) is 0 Å². The van der Waals surface area contributed by atoms with Crippen molar-refractivity contribution in [3.05, 3.63) is 35.4 Å². The Labute approximate surface area is 111 Å². The number of methoxy groups -OCH3 is 1. The minimum Gasteiger partial charge on any atom is -0.469 e. The third-order valence-electron chi connectivity index (χ3n) is 2.63. The van der Waals surface area contributed by atoms with Gasteiger partial charge in [0.15, 0.2) is 0 Å².